The topological polar surface area (TPSA) is 86.7 Å². The third kappa shape index (κ3) is 4.41. The predicted molar refractivity (Wildman–Crippen MR) is 81.4 cm³/mol. The average Bonchev–Trinajstić information content (AvgIpc) is 2.36. The fraction of sp³-hybridized carbons (Fsp3) is 0.462. The molecule has 0 atom stereocenters. The van der Waals surface area contributed by atoms with Gasteiger partial charge in [-0.3, -0.25) is 0 Å². The molecule has 1 aromatic carbocycles. The van der Waals surface area contributed by atoms with Gasteiger partial charge in [-0.15, -0.1) is 0 Å². The lowest BCUT2D eigenvalue weighted by Gasteiger charge is -2.32. The van der Waals surface area contributed by atoms with E-state index in [9.17, 15) is 13.2 Å². The molecular weight excluding hydrogens is 316 g/mol. The number of halogens is 1. The van der Waals surface area contributed by atoms with Crippen LogP contribution in [0.1, 0.15) is 24.2 Å². The Morgan fingerprint density at radius 2 is 1.95 bits per heavy atom. The van der Waals surface area contributed by atoms with E-state index in [0.29, 0.717) is 0 Å². The second-order valence-corrected chi connectivity index (χ2v) is 7.65. The summed E-state index contributed by atoms with van der Waals surface area (Å²) in [4.78, 5) is 12.7. The van der Waals surface area contributed by atoms with Gasteiger partial charge in [-0.25, -0.2) is 17.9 Å². The van der Waals surface area contributed by atoms with Crippen molar-refractivity contribution in [1.29, 1.82) is 0 Å². The lowest BCUT2D eigenvalue weighted by molar-refractivity contribution is 0.0697. The number of benzene rings is 1. The molecule has 0 aliphatic carbocycles. The van der Waals surface area contributed by atoms with Crippen molar-refractivity contribution in [3.63, 3.8) is 0 Å². The van der Waals surface area contributed by atoms with Gasteiger partial charge in [0.05, 0.1) is 15.5 Å². The zero-order valence-corrected chi connectivity index (χ0v) is 13.9. The second kappa shape index (κ2) is 6.31. The Balaban J connectivity index is 2.99. The molecule has 0 bridgehead atoms. The van der Waals surface area contributed by atoms with Gasteiger partial charge in [0.2, 0.25) is 10.0 Å². The second-order valence-electron chi connectivity index (χ2n) is 5.48. The summed E-state index contributed by atoms with van der Waals surface area (Å²) in [5.74, 6) is -1.20. The van der Waals surface area contributed by atoms with Gasteiger partial charge < -0.3 is 10.0 Å². The first-order valence-corrected chi connectivity index (χ1v) is 8.03. The molecule has 0 saturated carbocycles. The predicted octanol–water partition coefficient (Wildman–Crippen LogP) is 1.66. The van der Waals surface area contributed by atoms with Crippen LogP contribution in [0, 0.1) is 0 Å². The molecular formula is C13H19ClN2O4S. The molecule has 1 rings (SSSR count). The molecule has 0 fully saturated rings. The van der Waals surface area contributed by atoms with Crippen molar-refractivity contribution in [3.8, 4) is 0 Å². The Bertz CT molecular complexity index is 642. The number of hydrogen-bond donors (Lipinski definition) is 2. The van der Waals surface area contributed by atoms with Crippen molar-refractivity contribution in [3.05, 3.63) is 28.8 Å². The Hall–Kier alpha value is -1.15. The molecule has 2 N–H and O–H groups in total. The molecule has 0 unspecified atom stereocenters. The lowest BCUT2D eigenvalue weighted by Crippen LogP contribution is -2.48. The van der Waals surface area contributed by atoms with E-state index in [1.165, 1.54) is 12.1 Å². The van der Waals surface area contributed by atoms with Crippen LogP contribution in [0.15, 0.2) is 23.1 Å². The van der Waals surface area contributed by atoms with E-state index >= 15 is 0 Å². The first-order chi connectivity index (χ1) is 9.47. The molecule has 8 heteroatoms. The number of hydrogen-bond acceptors (Lipinski definition) is 4. The number of nitrogens with zero attached hydrogens (tertiary/aromatic N) is 1. The van der Waals surface area contributed by atoms with E-state index < -0.39 is 16.0 Å². The van der Waals surface area contributed by atoms with Crippen LogP contribution in [0.3, 0.4) is 0 Å². The molecule has 6 nitrogen and oxygen atoms in total. The molecule has 0 aliphatic heterocycles. The Morgan fingerprint density at radius 1 is 1.38 bits per heavy atom. The number of rotatable bonds is 6. The summed E-state index contributed by atoms with van der Waals surface area (Å²) in [5, 5.41) is 8.76. The van der Waals surface area contributed by atoms with E-state index in [-0.39, 0.29) is 27.6 Å². The molecule has 0 aliphatic rings. The van der Waals surface area contributed by atoms with Gasteiger partial charge >= 0.3 is 5.97 Å². The van der Waals surface area contributed by atoms with E-state index in [0.717, 1.165) is 6.07 Å². The van der Waals surface area contributed by atoms with Crippen LogP contribution >= 0.6 is 11.6 Å². The summed E-state index contributed by atoms with van der Waals surface area (Å²) < 4.78 is 26.9. The van der Waals surface area contributed by atoms with Crippen LogP contribution < -0.4 is 4.72 Å². The fourth-order valence-corrected chi connectivity index (χ4v) is 2.91. The summed E-state index contributed by atoms with van der Waals surface area (Å²) in [5.41, 5.74) is -0.498. The van der Waals surface area contributed by atoms with Crippen LogP contribution in [-0.2, 0) is 10.0 Å². The highest BCUT2D eigenvalue weighted by Crippen LogP contribution is 2.21. The summed E-state index contributed by atoms with van der Waals surface area (Å²) >= 11 is 5.79. The first kappa shape index (κ1) is 17.9. The summed E-state index contributed by atoms with van der Waals surface area (Å²) in [6.07, 6.45) is 0. The van der Waals surface area contributed by atoms with Gasteiger partial charge in [0.1, 0.15) is 0 Å². The van der Waals surface area contributed by atoms with Crippen molar-refractivity contribution >= 4 is 27.6 Å². The normalized spacial score (nSPS) is 12.7. The van der Waals surface area contributed by atoms with Gasteiger partial charge in [0.25, 0.3) is 0 Å². The number of sulfonamides is 1. The summed E-state index contributed by atoms with van der Waals surface area (Å²) in [6.45, 7) is 4.01. The van der Waals surface area contributed by atoms with Crippen molar-refractivity contribution in [2.24, 2.45) is 0 Å². The number of carbonyl (C=O) groups is 1. The molecule has 118 valence electrons. The third-order valence-corrected chi connectivity index (χ3v) is 5.10. The monoisotopic (exact) mass is 334 g/mol. The maximum absolute atomic E-state index is 12.2. The summed E-state index contributed by atoms with van der Waals surface area (Å²) in [6, 6.07) is 3.53. The van der Waals surface area contributed by atoms with Crippen LogP contribution in [0.4, 0.5) is 0 Å². The van der Waals surface area contributed by atoms with Crippen LogP contribution in [-0.4, -0.2) is 50.6 Å². The maximum Gasteiger partial charge on any atom is 0.337 e. The number of nitrogens with one attached hydrogen (secondary N) is 1. The molecule has 0 heterocycles. The van der Waals surface area contributed by atoms with Gasteiger partial charge in [0.15, 0.2) is 0 Å². The highest BCUT2D eigenvalue weighted by molar-refractivity contribution is 7.89. The maximum atomic E-state index is 12.2. The first-order valence-electron chi connectivity index (χ1n) is 6.17. The Kier molecular flexibility index (Phi) is 5.38. The SMILES string of the molecule is CN(C)C(C)(C)CNS(=O)(=O)c1ccc(C(=O)O)c(Cl)c1. The lowest BCUT2D eigenvalue weighted by atomic mass is 10.1. The van der Waals surface area contributed by atoms with E-state index in [2.05, 4.69) is 4.72 Å². The van der Waals surface area contributed by atoms with E-state index in [1.54, 1.807) is 0 Å². The number of aromatic carboxylic acids is 1. The standard InChI is InChI=1S/C13H19ClN2O4S/c1-13(2,16(3)4)8-15-21(19,20)9-5-6-10(12(17)18)11(14)7-9/h5-7,15H,8H2,1-4H3,(H,17,18). The largest absolute Gasteiger partial charge is 0.478 e. The molecule has 0 spiro atoms. The minimum absolute atomic E-state index is 0.0629. The molecule has 0 saturated heterocycles. The Morgan fingerprint density at radius 3 is 2.38 bits per heavy atom. The van der Waals surface area contributed by atoms with Gasteiger partial charge in [-0.2, -0.15) is 0 Å². The van der Waals surface area contributed by atoms with Crippen LogP contribution in [0.5, 0.6) is 0 Å². The van der Waals surface area contributed by atoms with Crippen molar-refractivity contribution in [2.75, 3.05) is 20.6 Å². The van der Waals surface area contributed by atoms with E-state index in [4.69, 9.17) is 16.7 Å². The smallest absolute Gasteiger partial charge is 0.337 e. The number of carboxylic acid groups (broad SMARTS) is 1. The molecule has 0 radical (unpaired) electrons. The zero-order chi connectivity index (χ0) is 16.4. The van der Waals surface area contributed by atoms with Crippen LogP contribution in [0.25, 0.3) is 0 Å². The molecule has 1 aromatic rings. The number of likely N-dealkylation sites (N-methyl/N-ethyl adjacent to an activating group) is 1. The summed E-state index contributed by atoms with van der Waals surface area (Å²) in [7, 11) is -0.0380. The van der Waals surface area contributed by atoms with Crippen molar-refractivity contribution in [2.45, 2.75) is 24.3 Å². The quantitative estimate of drug-likeness (QED) is 0.826. The Labute approximate surface area is 129 Å². The third-order valence-electron chi connectivity index (χ3n) is 3.39. The van der Waals surface area contributed by atoms with E-state index in [1.807, 2.05) is 32.8 Å². The van der Waals surface area contributed by atoms with Gasteiger partial charge in [0, 0.05) is 12.1 Å². The molecule has 0 amide bonds. The van der Waals surface area contributed by atoms with Crippen molar-refractivity contribution < 1.29 is 18.3 Å². The van der Waals surface area contributed by atoms with Gasteiger partial charge in [-0.1, -0.05) is 11.6 Å². The van der Waals surface area contributed by atoms with Crippen LogP contribution in [0.2, 0.25) is 5.02 Å². The van der Waals surface area contributed by atoms with Crippen molar-refractivity contribution in [1.82, 2.24) is 9.62 Å². The fourth-order valence-electron chi connectivity index (χ4n) is 1.35. The zero-order valence-electron chi connectivity index (χ0n) is 12.3. The molecule has 0 aromatic heterocycles. The van der Waals surface area contributed by atoms with Gasteiger partial charge in [-0.05, 0) is 46.1 Å². The highest BCUT2D eigenvalue weighted by Gasteiger charge is 2.24. The molecule has 21 heavy (non-hydrogen) atoms. The average molecular weight is 335 g/mol. The minimum Gasteiger partial charge on any atom is -0.478 e. The number of carboxylic acids is 1. The highest BCUT2D eigenvalue weighted by atomic mass is 35.5. The minimum atomic E-state index is -3.75.